The first-order chi connectivity index (χ1) is 14.1. The van der Waals surface area contributed by atoms with Crippen LogP contribution in [0.1, 0.15) is 12.0 Å². The molecule has 0 heterocycles. The second-order valence-electron chi connectivity index (χ2n) is 6.42. The maximum atomic E-state index is 12.4. The van der Waals surface area contributed by atoms with Gasteiger partial charge in [-0.1, -0.05) is 41.9 Å². The van der Waals surface area contributed by atoms with E-state index in [0.29, 0.717) is 6.54 Å². The molecule has 3 amide bonds. The van der Waals surface area contributed by atoms with E-state index in [0.717, 1.165) is 5.56 Å². The largest absolute Gasteiger partial charge is 0.482 e. The van der Waals surface area contributed by atoms with Crippen LogP contribution in [0.15, 0.2) is 48.5 Å². The average molecular weight is 444 g/mol. The zero-order valence-electron chi connectivity index (χ0n) is 16.1. The molecule has 0 atom stereocenters. The summed E-state index contributed by atoms with van der Waals surface area (Å²) in [4.78, 5) is 25.7. The van der Waals surface area contributed by atoms with Crippen molar-refractivity contribution in [2.75, 3.05) is 25.5 Å². The third kappa shape index (κ3) is 8.20. The molecule has 2 aromatic rings. The Labute approximate surface area is 177 Å². The number of nitrogens with one attached hydrogen (secondary N) is 2. The predicted molar refractivity (Wildman–Crippen MR) is 108 cm³/mol. The van der Waals surface area contributed by atoms with E-state index in [1.54, 1.807) is 7.05 Å². The smallest absolute Gasteiger partial charge is 0.422 e. The average Bonchev–Trinajstić information content (AvgIpc) is 2.67. The van der Waals surface area contributed by atoms with Gasteiger partial charge in [0.05, 0.1) is 5.69 Å². The van der Waals surface area contributed by atoms with Crippen molar-refractivity contribution >= 4 is 29.2 Å². The molecule has 0 fully saturated rings. The summed E-state index contributed by atoms with van der Waals surface area (Å²) in [6, 6.07) is 12.9. The number of anilines is 1. The minimum absolute atomic E-state index is 0.0178. The van der Waals surface area contributed by atoms with Crippen molar-refractivity contribution in [3.63, 3.8) is 0 Å². The molecular weight excluding hydrogens is 423 g/mol. The molecule has 30 heavy (non-hydrogen) atoms. The highest BCUT2D eigenvalue weighted by molar-refractivity contribution is 6.31. The quantitative estimate of drug-likeness (QED) is 0.633. The van der Waals surface area contributed by atoms with E-state index in [4.69, 9.17) is 16.3 Å². The van der Waals surface area contributed by atoms with Crippen LogP contribution in [0.2, 0.25) is 5.02 Å². The molecule has 2 rings (SSSR count). The van der Waals surface area contributed by atoms with Crippen LogP contribution in [0.3, 0.4) is 0 Å². The van der Waals surface area contributed by atoms with Crippen LogP contribution in [0.4, 0.5) is 23.7 Å². The second-order valence-corrected chi connectivity index (χ2v) is 6.85. The molecule has 2 N–H and O–H groups in total. The summed E-state index contributed by atoms with van der Waals surface area (Å²) < 4.78 is 41.8. The van der Waals surface area contributed by atoms with E-state index in [1.165, 1.54) is 23.1 Å². The maximum Gasteiger partial charge on any atom is 0.422 e. The van der Waals surface area contributed by atoms with Gasteiger partial charge in [0.25, 0.3) is 0 Å². The summed E-state index contributed by atoms with van der Waals surface area (Å²) in [5, 5.41) is 5.28. The number of hydrogen-bond acceptors (Lipinski definition) is 3. The highest BCUT2D eigenvalue weighted by Gasteiger charge is 2.29. The maximum absolute atomic E-state index is 12.4. The lowest BCUT2D eigenvalue weighted by Crippen LogP contribution is -2.38. The standard InChI is InChI=1S/C20H21ClF3N3O3/c1-27(12-14-5-3-2-4-6-14)19(29)25-10-9-18(28)26-16-11-15(21)7-8-17(16)30-13-20(22,23)24/h2-8,11H,9-10,12-13H2,1H3,(H,25,29)(H,26,28). The monoisotopic (exact) mass is 443 g/mol. The number of alkyl halides is 3. The van der Waals surface area contributed by atoms with Crippen molar-refractivity contribution in [1.29, 1.82) is 0 Å². The van der Waals surface area contributed by atoms with Gasteiger partial charge in [-0.25, -0.2) is 4.79 Å². The van der Waals surface area contributed by atoms with Gasteiger partial charge in [-0.2, -0.15) is 13.2 Å². The zero-order valence-corrected chi connectivity index (χ0v) is 16.9. The van der Waals surface area contributed by atoms with Gasteiger partial charge in [0.2, 0.25) is 5.91 Å². The van der Waals surface area contributed by atoms with E-state index in [-0.39, 0.29) is 35.5 Å². The van der Waals surface area contributed by atoms with Gasteiger partial charge in [-0.15, -0.1) is 0 Å². The first-order valence-electron chi connectivity index (χ1n) is 8.96. The fraction of sp³-hybridized carbons (Fsp3) is 0.300. The number of carbonyl (C=O) groups excluding carboxylic acids is 2. The number of hydrogen-bond donors (Lipinski definition) is 2. The molecule has 0 aliphatic heterocycles. The van der Waals surface area contributed by atoms with Gasteiger partial charge in [-0.05, 0) is 23.8 Å². The van der Waals surface area contributed by atoms with Crippen molar-refractivity contribution in [3.05, 3.63) is 59.1 Å². The Kier molecular flexibility index (Phi) is 8.35. The number of halogens is 4. The Morgan fingerprint density at radius 1 is 1.13 bits per heavy atom. The molecule has 10 heteroatoms. The number of rotatable bonds is 8. The molecule has 0 radical (unpaired) electrons. The van der Waals surface area contributed by atoms with Gasteiger partial charge in [0, 0.05) is 31.6 Å². The zero-order chi connectivity index (χ0) is 22.1. The van der Waals surface area contributed by atoms with Gasteiger partial charge >= 0.3 is 12.2 Å². The highest BCUT2D eigenvalue weighted by Crippen LogP contribution is 2.29. The molecule has 0 aromatic heterocycles. The molecule has 0 unspecified atom stereocenters. The van der Waals surface area contributed by atoms with Gasteiger partial charge in [-0.3, -0.25) is 4.79 Å². The first-order valence-corrected chi connectivity index (χ1v) is 9.33. The van der Waals surface area contributed by atoms with Gasteiger partial charge in [0.1, 0.15) is 5.75 Å². The molecule has 0 aliphatic rings. The van der Waals surface area contributed by atoms with Crippen molar-refractivity contribution in [1.82, 2.24) is 10.2 Å². The van der Waals surface area contributed by atoms with Crippen molar-refractivity contribution < 1.29 is 27.5 Å². The third-order valence-electron chi connectivity index (χ3n) is 3.84. The van der Waals surface area contributed by atoms with Crippen LogP contribution in [0, 0.1) is 0 Å². The number of carbonyl (C=O) groups is 2. The SMILES string of the molecule is CN(Cc1ccccc1)C(=O)NCCC(=O)Nc1cc(Cl)ccc1OCC(F)(F)F. The van der Waals surface area contributed by atoms with Crippen LogP contribution < -0.4 is 15.4 Å². The topological polar surface area (TPSA) is 70.7 Å². The van der Waals surface area contributed by atoms with Gasteiger partial charge in [0.15, 0.2) is 6.61 Å². The molecule has 0 bridgehead atoms. The van der Waals surface area contributed by atoms with Crippen LogP contribution in [-0.4, -0.2) is 43.2 Å². The summed E-state index contributed by atoms with van der Waals surface area (Å²) in [5.41, 5.74) is 0.976. The summed E-state index contributed by atoms with van der Waals surface area (Å²) in [6.07, 6.45) is -4.60. The minimum atomic E-state index is -4.52. The Balaban J connectivity index is 1.83. The summed E-state index contributed by atoms with van der Waals surface area (Å²) in [7, 11) is 1.62. The van der Waals surface area contributed by atoms with Crippen LogP contribution >= 0.6 is 11.6 Å². The predicted octanol–water partition coefficient (Wildman–Crippen LogP) is 4.45. The van der Waals surface area contributed by atoms with Crippen LogP contribution in [0.25, 0.3) is 0 Å². The fourth-order valence-corrected chi connectivity index (χ4v) is 2.62. The highest BCUT2D eigenvalue weighted by atomic mass is 35.5. The van der Waals surface area contributed by atoms with Crippen LogP contribution in [0.5, 0.6) is 5.75 Å². The van der Waals surface area contributed by atoms with E-state index in [9.17, 15) is 22.8 Å². The molecule has 0 saturated heterocycles. The molecule has 0 spiro atoms. The summed E-state index contributed by atoms with van der Waals surface area (Å²) in [5.74, 6) is -0.670. The summed E-state index contributed by atoms with van der Waals surface area (Å²) in [6.45, 7) is -1.05. The van der Waals surface area contributed by atoms with Crippen molar-refractivity contribution in [3.8, 4) is 5.75 Å². The number of nitrogens with zero attached hydrogens (tertiary/aromatic N) is 1. The van der Waals surface area contributed by atoms with Crippen LogP contribution in [-0.2, 0) is 11.3 Å². The first kappa shape index (κ1) is 23.3. The van der Waals surface area contributed by atoms with E-state index >= 15 is 0 Å². The normalized spacial score (nSPS) is 11.0. The van der Waals surface area contributed by atoms with Crippen molar-refractivity contribution in [2.24, 2.45) is 0 Å². The lowest BCUT2D eigenvalue weighted by Gasteiger charge is -2.18. The number of benzene rings is 2. The lowest BCUT2D eigenvalue weighted by atomic mass is 10.2. The Morgan fingerprint density at radius 3 is 2.50 bits per heavy atom. The number of ether oxygens (including phenoxy) is 1. The Morgan fingerprint density at radius 2 is 1.83 bits per heavy atom. The summed E-state index contributed by atoms with van der Waals surface area (Å²) >= 11 is 5.85. The van der Waals surface area contributed by atoms with E-state index in [1.807, 2.05) is 30.3 Å². The third-order valence-corrected chi connectivity index (χ3v) is 4.08. The minimum Gasteiger partial charge on any atom is -0.482 e. The molecule has 162 valence electrons. The second kappa shape index (κ2) is 10.7. The number of urea groups is 1. The van der Waals surface area contributed by atoms with E-state index < -0.39 is 18.7 Å². The fourth-order valence-electron chi connectivity index (χ4n) is 2.45. The molecule has 0 saturated carbocycles. The Bertz CT molecular complexity index is 863. The van der Waals surface area contributed by atoms with E-state index in [2.05, 4.69) is 10.6 Å². The number of amides is 3. The molecular formula is C20H21ClF3N3O3. The lowest BCUT2D eigenvalue weighted by molar-refractivity contribution is -0.153. The molecule has 2 aromatic carbocycles. The van der Waals surface area contributed by atoms with Gasteiger partial charge < -0.3 is 20.3 Å². The molecule has 0 aliphatic carbocycles. The molecule has 6 nitrogen and oxygen atoms in total. The Hall–Kier alpha value is -2.94. The van der Waals surface area contributed by atoms with Crippen molar-refractivity contribution in [2.45, 2.75) is 19.1 Å².